The van der Waals surface area contributed by atoms with Gasteiger partial charge in [0, 0.05) is 25.2 Å². The minimum Gasteiger partial charge on any atom is -0.481 e. The number of carbonyl (C=O) groups excluding carboxylic acids is 1. The molecular formula is C15H28N2O3. The summed E-state index contributed by atoms with van der Waals surface area (Å²) in [5.74, 6) is -1.95. The number of hydrogen-bond acceptors (Lipinski definition) is 3. The van der Waals surface area contributed by atoms with Crippen molar-refractivity contribution in [3.63, 3.8) is 0 Å². The van der Waals surface area contributed by atoms with E-state index in [0.29, 0.717) is 18.6 Å². The summed E-state index contributed by atoms with van der Waals surface area (Å²) in [7, 11) is 0. The van der Waals surface area contributed by atoms with Gasteiger partial charge in [-0.3, -0.25) is 14.5 Å². The molecule has 0 unspecified atom stereocenters. The molecule has 116 valence electrons. The number of aliphatic carboxylic acids is 1. The SMILES string of the molecule is CC(C)N(CCNC(=O)[C@H]1[C@@H](C(=O)O)C1(C)C)C(C)C. The van der Waals surface area contributed by atoms with Crippen LogP contribution in [0.5, 0.6) is 0 Å². The minimum absolute atomic E-state index is 0.130. The number of nitrogens with one attached hydrogen (secondary N) is 1. The van der Waals surface area contributed by atoms with Crippen LogP contribution in [0.4, 0.5) is 0 Å². The van der Waals surface area contributed by atoms with Crippen molar-refractivity contribution in [2.24, 2.45) is 17.3 Å². The van der Waals surface area contributed by atoms with Gasteiger partial charge >= 0.3 is 5.97 Å². The van der Waals surface area contributed by atoms with E-state index in [1.807, 2.05) is 13.8 Å². The third-order valence-electron chi connectivity index (χ3n) is 4.37. The van der Waals surface area contributed by atoms with Crippen LogP contribution >= 0.6 is 0 Å². The van der Waals surface area contributed by atoms with Gasteiger partial charge in [-0.2, -0.15) is 0 Å². The van der Waals surface area contributed by atoms with Gasteiger partial charge in [0.1, 0.15) is 0 Å². The fourth-order valence-corrected chi connectivity index (χ4v) is 3.12. The molecule has 1 saturated carbocycles. The van der Waals surface area contributed by atoms with Gasteiger partial charge in [-0.25, -0.2) is 0 Å². The molecule has 2 N–H and O–H groups in total. The highest BCUT2D eigenvalue weighted by atomic mass is 16.4. The second-order valence-electron chi connectivity index (χ2n) is 6.83. The maximum Gasteiger partial charge on any atom is 0.307 e. The third-order valence-corrected chi connectivity index (χ3v) is 4.37. The van der Waals surface area contributed by atoms with Gasteiger partial charge in [0.15, 0.2) is 0 Å². The number of nitrogens with zero attached hydrogens (tertiary/aromatic N) is 1. The van der Waals surface area contributed by atoms with Crippen molar-refractivity contribution in [3.05, 3.63) is 0 Å². The summed E-state index contributed by atoms with van der Waals surface area (Å²) in [6.45, 7) is 13.5. The van der Waals surface area contributed by atoms with Gasteiger partial charge in [-0.05, 0) is 33.1 Å². The normalized spacial score (nSPS) is 24.2. The van der Waals surface area contributed by atoms with Gasteiger partial charge in [-0.15, -0.1) is 0 Å². The Kier molecular flexibility index (Phi) is 5.19. The molecule has 0 radical (unpaired) electrons. The molecule has 5 nitrogen and oxygen atoms in total. The Morgan fingerprint density at radius 1 is 1.15 bits per heavy atom. The quantitative estimate of drug-likeness (QED) is 0.744. The van der Waals surface area contributed by atoms with Gasteiger partial charge in [0.25, 0.3) is 0 Å². The summed E-state index contributed by atoms with van der Waals surface area (Å²) in [5, 5.41) is 12.0. The summed E-state index contributed by atoms with van der Waals surface area (Å²) in [6, 6.07) is 0.854. The van der Waals surface area contributed by atoms with Crippen LogP contribution in [-0.4, -0.2) is 47.1 Å². The smallest absolute Gasteiger partial charge is 0.307 e. The van der Waals surface area contributed by atoms with E-state index in [9.17, 15) is 9.59 Å². The van der Waals surface area contributed by atoms with Crippen LogP contribution in [0.1, 0.15) is 41.5 Å². The Morgan fingerprint density at radius 3 is 2.00 bits per heavy atom. The number of carboxylic acid groups (broad SMARTS) is 1. The van der Waals surface area contributed by atoms with Gasteiger partial charge in [-0.1, -0.05) is 13.8 Å². The van der Waals surface area contributed by atoms with Gasteiger partial charge in [0.05, 0.1) is 11.8 Å². The molecule has 1 aliphatic carbocycles. The zero-order valence-electron chi connectivity index (χ0n) is 13.4. The van der Waals surface area contributed by atoms with Crippen LogP contribution in [0.15, 0.2) is 0 Å². The second kappa shape index (κ2) is 6.12. The lowest BCUT2D eigenvalue weighted by Crippen LogP contribution is -2.43. The first kappa shape index (κ1) is 17.0. The number of carbonyl (C=O) groups is 2. The number of carboxylic acids is 1. The highest BCUT2D eigenvalue weighted by molar-refractivity contribution is 5.91. The van der Waals surface area contributed by atoms with Crippen LogP contribution in [0, 0.1) is 17.3 Å². The van der Waals surface area contributed by atoms with Crippen LogP contribution in [0.2, 0.25) is 0 Å². The standard InChI is InChI=1S/C15H28N2O3/c1-9(2)17(10(3)4)8-7-16-13(18)11-12(14(19)20)15(11,5)6/h9-12H,7-8H2,1-6H3,(H,16,18)(H,19,20)/t11-,12+/m1/s1. The molecule has 1 aliphatic rings. The first-order valence-electron chi connectivity index (χ1n) is 7.37. The van der Waals surface area contributed by atoms with Crippen molar-refractivity contribution in [1.29, 1.82) is 0 Å². The van der Waals surface area contributed by atoms with Crippen LogP contribution in [0.25, 0.3) is 0 Å². The molecule has 1 amide bonds. The molecule has 0 aromatic heterocycles. The van der Waals surface area contributed by atoms with Gasteiger partial charge < -0.3 is 10.4 Å². The molecule has 0 aromatic rings. The summed E-state index contributed by atoms with van der Waals surface area (Å²) >= 11 is 0. The van der Waals surface area contributed by atoms with E-state index in [2.05, 4.69) is 37.9 Å². The number of rotatable bonds is 7. The summed E-state index contributed by atoms with van der Waals surface area (Å²) in [5.41, 5.74) is -0.425. The Labute approximate surface area is 121 Å². The van der Waals surface area contributed by atoms with Crippen molar-refractivity contribution in [2.75, 3.05) is 13.1 Å². The van der Waals surface area contributed by atoms with E-state index in [0.717, 1.165) is 6.54 Å². The highest BCUT2D eigenvalue weighted by Gasteiger charge is 2.65. The molecule has 1 rings (SSSR count). The van der Waals surface area contributed by atoms with Crippen molar-refractivity contribution < 1.29 is 14.7 Å². The summed E-state index contributed by atoms with van der Waals surface area (Å²) < 4.78 is 0. The zero-order chi connectivity index (χ0) is 15.7. The topological polar surface area (TPSA) is 69.6 Å². The van der Waals surface area contributed by atoms with Crippen molar-refractivity contribution in [1.82, 2.24) is 10.2 Å². The second-order valence-corrected chi connectivity index (χ2v) is 6.83. The van der Waals surface area contributed by atoms with Crippen molar-refractivity contribution >= 4 is 11.9 Å². The van der Waals surface area contributed by atoms with E-state index < -0.39 is 23.2 Å². The van der Waals surface area contributed by atoms with Crippen LogP contribution in [0.3, 0.4) is 0 Å². The summed E-state index contributed by atoms with van der Waals surface area (Å²) in [4.78, 5) is 25.4. The molecule has 5 heteroatoms. The fraction of sp³-hybridized carbons (Fsp3) is 0.867. The summed E-state index contributed by atoms with van der Waals surface area (Å²) in [6.07, 6.45) is 0. The predicted octanol–water partition coefficient (Wildman–Crippen LogP) is 1.58. The Morgan fingerprint density at radius 2 is 1.65 bits per heavy atom. The molecule has 0 heterocycles. The molecule has 0 bridgehead atoms. The Hall–Kier alpha value is -1.10. The van der Waals surface area contributed by atoms with E-state index in [-0.39, 0.29) is 5.91 Å². The van der Waals surface area contributed by atoms with Crippen LogP contribution in [-0.2, 0) is 9.59 Å². The molecule has 0 saturated heterocycles. The molecule has 20 heavy (non-hydrogen) atoms. The molecule has 0 spiro atoms. The first-order valence-corrected chi connectivity index (χ1v) is 7.37. The maximum atomic E-state index is 12.1. The molecular weight excluding hydrogens is 256 g/mol. The van der Waals surface area contributed by atoms with E-state index in [1.165, 1.54) is 0 Å². The van der Waals surface area contributed by atoms with E-state index >= 15 is 0 Å². The Bertz CT molecular complexity index is 369. The molecule has 0 aliphatic heterocycles. The van der Waals surface area contributed by atoms with Crippen LogP contribution < -0.4 is 5.32 Å². The van der Waals surface area contributed by atoms with Crippen molar-refractivity contribution in [3.8, 4) is 0 Å². The van der Waals surface area contributed by atoms with Gasteiger partial charge in [0.2, 0.25) is 5.91 Å². The lowest BCUT2D eigenvalue weighted by atomic mass is 10.1. The zero-order valence-corrected chi connectivity index (χ0v) is 13.4. The monoisotopic (exact) mass is 284 g/mol. The molecule has 2 atom stereocenters. The fourth-order valence-electron chi connectivity index (χ4n) is 3.12. The lowest BCUT2D eigenvalue weighted by Gasteiger charge is -2.30. The number of hydrogen-bond donors (Lipinski definition) is 2. The van der Waals surface area contributed by atoms with Crippen molar-refractivity contribution in [2.45, 2.75) is 53.6 Å². The van der Waals surface area contributed by atoms with E-state index in [1.54, 1.807) is 0 Å². The average molecular weight is 284 g/mol. The third kappa shape index (κ3) is 3.51. The van der Waals surface area contributed by atoms with E-state index in [4.69, 9.17) is 5.11 Å². The highest BCUT2D eigenvalue weighted by Crippen LogP contribution is 2.58. The maximum absolute atomic E-state index is 12.1. The number of amides is 1. The predicted molar refractivity (Wildman–Crippen MR) is 78.4 cm³/mol. The molecule has 0 aromatic carbocycles. The largest absolute Gasteiger partial charge is 0.481 e. The first-order chi connectivity index (χ1) is 9.10. The average Bonchev–Trinajstić information content (AvgIpc) is 2.86. The molecule has 1 fully saturated rings. The lowest BCUT2D eigenvalue weighted by molar-refractivity contribution is -0.140. The minimum atomic E-state index is -0.874. The Balaban J connectivity index is 2.44.